The molecule has 0 fully saturated rings. The standard InChI is InChI=1S/C24H29N3O3S/c1-17(2)26-16-21-12-13-22(25-31(3,29)30)23(27(21)24(26)28)15-18-8-7-11-20(14-18)19-9-5-4-6-10-19/h4-11,14,16-17,22-23,25H,12-13,15H2,1-3H3/t22-,23-/m0/s1. The van der Waals surface area contributed by atoms with Gasteiger partial charge in [0.1, 0.15) is 0 Å². The lowest BCUT2D eigenvalue weighted by Crippen LogP contribution is -2.47. The molecule has 2 aromatic carbocycles. The van der Waals surface area contributed by atoms with Crippen molar-refractivity contribution in [3.63, 3.8) is 0 Å². The number of nitrogens with one attached hydrogen (secondary N) is 1. The molecular formula is C24H29N3O3S. The third-order valence-corrected chi connectivity index (χ3v) is 6.66. The van der Waals surface area contributed by atoms with E-state index in [1.54, 1.807) is 4.57 Å². The van der Waals surface area contributed by atoms with E-state index in [-0.39, 0.29) is 23.8 Å². The van der Waals surface area contributed by atoms with Gasteiger partial charge >= 0.3 is 5.69 Å². The Kier molecular flexibility index (Phi) is 5.90. The van der Waals surface area contributed by atoms with Crippen LogP contribution < -0.4 is 10.4 Å². The molecule has 0 aliphatic carbocycles. The first-order valence-corrected chi connectivity index (χ1v) is 12.6. The van der Waals surface area contributed by atoms with Crippen LogP contribution in [0.15, 0.2) is 65.6 Å². The molecule has 2 atom stereocenters. The molecule has 4 rings (SSSR count). The molecule has 31 heavy (non-hydrogen) atoms. The smallest absolute Gasteiger partial charge is 0.296 e. The van der Waals surface area contributed by atoms with E-state index in [2.05, 4.69) is 29.0 Å². The number of imidazole rings is 1. The maximum atomic E-state index is 13.2. The molecule has 0 saturated carbocycles. The van der Waals surface area contributed by atoms with Gasteiger partial charge in [0.25, 0.3) is 0 Å². The Morgan fingerprint density at radius 1 is 1.06 bits per heavy atom. The molecule has 0 bridgehead atoms. The average molecular weight is 440 g/mol. The van der Waals surface area contributed by atoms with Crippen LogP contribution >= 0.6 is 0 Å². The van der Waals surface area contributed by atoms with E-state index in [1.807, 2.05) is 54.9 Å². The second kappa shape index (κ2) is 8.48. The molecule has 1 aliphatic rings. The van der Waals surface area contributed by atoms with Crippen LogP contribution in [0.25, 0.3) is 11.1 Å². The molecule has 0 spiro atoms. The van der Waals surface area contributed by atoms with E-state index in [0.717, 1.165) is 22.4 Å². The van der Waals surface area contributed by atoms with Crippen LogP contribution in [0.5, 0.6) is 0 Å². The lowest BCUT2D eigenvalue weighted by molar-refractivity contribution is 0.315. The fourth-order valence-electron chi connectivity index (χ4n) is 4.51. The number of nitrogens with zero attached hydrogens (tertiary/aromatic N) is 2. The monoisotopic (exact) mass is 439 g/mol. The van der Waals surface area contributed by atoms with E-state index >= 15 is 0 Å². The summed E-state index contributed by atoms with van der Waals surface area (Å²) in [7, 11) is -3.40. The van der Waals surface area contributed by atoms with Gasteiger partial charge < -0.3 is 0 Å². The highest BCUT2D eigenvalue weighted by molar-refractivity contribution is 7.88. The number of sulfonamides is 1. The van der Waals surface area contributed by atoms with Gasteiger partial charge in [0.2, 0.25) is 10.0 Å². The minimum atomic E-state index is -3.40. The second-order valence-electron chi connectivity index (χ2n) is 8.65. The first-order valence-electron chi connectivity index (χ1n) is 10.7. The van der Waals surface area contributed by atoms with Crippen molar-refractivity contribution in [2.24, 2.45) is 0 Å². The predicted molar refractivity (Wildman–Crippen MR) is 124 cm³/mol. The Bertz CT molecular complexity index is 1230. The van der Waals surface area contributed by atoms with E-state index in [0.29, 0.717) is 19.3 Å². The summed E-state index contributed by atoms with van der Waals surface area (Å²) >= 11 is 0. The number of hydrogen-bond donors (Lipinski definition) is 1. The maximum absolute atomic E-state index is 13.2. The normalized spacial score (nSPS) is 18.8. The lowest BCUT2D eigenvalue weighted by Gasteiger charge is -2.33. The van der Waals surface area contributed by atoms with Gasteiger partial charge in [-0.25, -0.2) is 17.9 Å². The van der Waals surface area contributed by atoms with Gasteiger partial charge in [-0.15, -0.1) is 0 Å². The molecule has 6 nitrogen and oxygen atoms in total. The fourth-order valence-corrected chi connectivity index (χ4v) is 5.33. The highest BCUT2D eigenvalue weighted by atomic mass is 32.2. The molecule has 0 unspecified atom stereocenters. The number of fused-ring (bicyclic) bond motifs is 1. The van der Waals surface area contributed by atoms with Crippen molar-refractivity contribution >= 4 is 10.0 Å². The number of benzene rings is 2. The first-order chi connectivity index (χ1) is 14.7. The fraction of sp³-hybridized carbons (Fsp3) is 0.375. The van der Waals surface area contributed by atoms with Crippen molar-refractivity contribution in [3.05, 3.63) is 82.5 Å². The summed E-state index contributed by atoms with van der Waals surface area (Å²) in [6.45, 7) is 3.97. The van der Waals surface area contributed by atoms with Crippen molar-refractivity contribution in [2.45, 2.75) is 51.2 Å². The van der Waals surface area contributed by atoms with Crippen LogP contribution in [-0.2, 0) is 22.9 Å². The molecule has 1 N–H and O–H groups in total. The SMILES string of the molecule is CC(C)n1cc2n(c1=O)[C@@H](Cc1cccc(-c3ccccc3)c1)[C@@H](NS(C)(=O)=O)CC2. The zero-order chi connectivity index (χ0) is 22.2. The number of hydrogen-bond acceptors (Lipinski definition) is 3. The van der Waals surface area contributed by atoms with Crippen molar-refractivity contribution in [1.29, 1.82) is 0 Å². The molecule has 2 heterocycles. The molecule has 0 radical (unpaired) electrons. The summed E-state index contributed by atoms with van der Waals surface area (Å²) in [4.78, 5) is 13.2. The van der Waals surface area contributed by atoms with Crippen molar-refractivity contribution in [2.75, 3.05) is 6.26 Å². The van der Waals surface area contributed by atoms with E-state index in [4.69, 9.17) is 0 Å². The lowest BCUT2D eigenvalue weighted by atomic mass is 9.91. The van der Waals surface area contributed by atoms with Gasteiger partial charge in [-0.1, -0.05) is 54.6 Å². The summed E-state index contributed by atoms with van der Waals surface area (Å²) in [5.74, 6) is 0. The topological polar surface area (TPSA) is 73.1 Å². The van der Waals surface area contributed by atoms with Gasteiger partial charge in [0.15, 0.2) is 0 Å². The molecule has 0 saturated heterocycles. The largest absolute Gasteiger partial charge is 0.328 e. The summed E-state index contributed by atoms with van der Waals surface area (Å²) in [5, 5.41) is 0. The van der Waals surface area contributed by atoms with Crippen LogP contribution in [0.4, 0.5) is 0 Å². The van der Waals surface area contributed by atoms with Gasteiger partial charge in [0, 0.05) is 24.0 Å². The summed E-state index contributed by atoms with van der Waals surface area (Å²) in [6, 6.07) is 17.8. The third kappa shape index (κ3) is 4.67. The Hall–Kier alpha value is -2.64. The highest BCUT2D eigenvalue weighted by Crippen LogP contribution is 2.30. The van der Waals surface area contributed by atoms with Crippen LogP contribution in [-0.4, -0.2) is 29.8 Å². The van der Waals surface area contributed by atoms with Crippen molar-refractivity contribution < 1.29 is 8.42 Å². The second-order valence-corrected chi connectivity index (χ2v) is 10.4. The molecule has 1 aromatic heterocycles. The molecule has 164 valence electrons. The zero-order valence-electron chi connectivity index (χ0n) is 18.2. The first kappa shape index (κ1) is 21.6. The van der Waals surface area contributed by atoms with Crippen LogP contribution in [0.2, 0.25) is 0 Å². The highest BCUT2D eigenvalue weighted by Gasteiger charge is 2.34. The Morgan fingerprint density at radius 3 is 2.45 bits per heavy atom. The van der Waals surface area contributed by atoms with Gasteiger partial charge in [-0.3, -0.25) is 9.13 Å². The van der Waals surface area contributed by atoms with E-state index in [1.165, 1.54) is 6.26 Å². The van der Waals surface area contributed by atoms with E-state index in [9.17, 15) is 13.2 Å². The molecule has 3 aromatic rings. The van der Waals surface area contributed by atoms with Crippen LogP contribution in [0, 0.1) is 0 Å². The van der Waals surface area contributed by atoms with Crippen LogP contribution in [0.3, 0.4) is 0 Å². The summed E-state index contributed by atoms with van der Waals surface area (Å²) in [6.07, 6.45) is 5.01. The Labute approximate surface area is 183 Å². The summed E-state index contributed by atoms with van der Waals surface area (Å²) < 4.78 is 30.4. The average Bonchev–Trinajstić information content (AvgIpc) is 3.07. The minimum Gasteiger partial charge on any atom is -0.296 e. The van der Waals surface area contributed by atoms with Crippen molar-refractivity contribution in [3.8, 4) is 11.1 Å². The van der Waals surface area contributed by atoms with Crippen molar-refractivity contribution in [1.82, 2.24) is 13.9 Å². The van der Waals surface area contributed by atoms with Gasteiger partial charge in [-0.05, 0) is 49.8 Å². The predicted octanol–water partition coefficient (Wildman–Crippen LogP) is 3.55. The van der Waals surface area contributed by atoms with Gasteiger partial charge in [-0.2, -0.15) is 0 Å². The summed E-state index contributed by atoms with van der Waals surface area (Å²) in [5.41, 5.74) is 4.20. The Morgan fingerprint density at radius 2 is 1.77 bits per heavy atom. The van der Waals surface area contributed by atoms with Crippen LogP contribution in [0.1, 0.15) is 43.6 Å². The number of rotatable bonds is 6. The van der Waals surface area contributed by atoms with E-state index < -0.39 is 10.0 Å². The van der Waals surface area contributed by atoms with Gasteiger partial charge in [0.05, 0.1) is 12.3 Å². The zero-order valence-corrected chi connectivity index (χ0v) is 19.0. The quantitative estimate of drug-likeness (QED) is 0.638. The molecule has 7 heteroatoms. The molecular weight excluding hydrogens is 410 g/mol. The Balaban J connectivity index is 1.74. The molecule has 0 amide bonds. The molecule has 1 aliphatic heterocycles. The maximum Gasteiger partial charge on any atom is 0.328 e. The number of aromatic nitrogens is 2. The third-order valence-electron chi connectivity index (χ3n) is 5.93. The minimum absolute atomic E-state index is 0.0500. The number of aryl methyl sites for hydroxylation is 1.